The zero-order valence-electron chi connectivity index (χ0n) is 20.9. The largest absolute Gasteiger partial charge is 0.350 e. The quantitative estimate of drug-likeness (QED) is 0.372. The normalized spacial score (nSPS) is 21.1. The molecule has 1 N–H and O–H groups in total. The number of aryl methyl sites for hydroxylation is 1. The van der Waals surface area contributed by atoms with Gasteiger partial charge in [-0.25, -0.2) is 4.98 Å². The van der Waals surface area contributed by atoms with E-state index < -0.39 is 0 Å². The lowest BCUT2D eigenvalue weighted by molar-refractivity contribution is 0.0708. The molecule has 2 fully saturated rings. The zero-order chi connectivity index (χ0) is 25.4. The topological polar surface area (TPSA) is 75.2 Å². The average Bonchev–Trinajstić information content (AvgIpc) is 3.52. The Hall–Kier alpha value is -3.58. The van der Waals surface area contributed by atoms with Crippen LogP contribution in [0.25, 0.3) is 22.2 Å². The van der Waals surface area contributed by atoms with Crippen LogP contribution in [-0.2, 0) is 0 Å². The third-order valence-electron chi connectivity index (χ3n) is 7.88. The van der Waals surface area contributed by atoms with Crippen molar-refractivity contribution in [3.05, 3.63) is 82.3 Å². The number of hydrogen-bond donors (Lipinski definition) is 1. The molecule has 1 aliphatic carbocycles. The van der Waals surface area contributed by atoms with Crippen molar-refractivity contribution in [3.63, 3.8) is 0 Å². The second-order valence-corrected chi connectivity index (χ2v) is 11.3. The Labute approximate surface area is 220 Å². The smallest absolute Gasteiger partial charge is 0.266 e. The first-order valence-electron chi connectivity index (χ1n) is 13.1. The van der Waals surface area contributed by atoms with Gasteiger partial charge >= 0.3 is 0 Å². The highest BCUT2D eigenvalue weighted by molar-refractivity contribution is 7.14. The number of fused-ring (bicyclic) bond motifs is 2. The molecule has 2 amide bonds. The molecule has 6 rings (SSSR count). The van der Waals surface area contributed by atoms with Gasteiger partial charge in [-0.15, -0.1) is 11.3 Å². The van der Waals surface area contributed by atoms with Crippen LogP contribution in [0.2, 0.25) is 0 Å². The Morgan fingerprint density at radius 1 is 1.03 bits per heavy atom. The van der Waals surface area contributed by atoms with E-state index in [0.717, 1.165) is 41.0 Å². The number of aromatic nitrogens is 2. The van der Waals surface area contributed by atoms with E-state index in [-0.39, 0.29) is 17.9 Å². The van der Waals surface area contributed by atoms with Gasteiger partial charge in [0.15, 0.2) is 0 Å². The van der Waals surface area contributed by atoms with Gasteiger partial charge in [0.05, 0.1) is 27.8 Å². The summed E-state index contributed by atoms with van der Waals surface area (Å²) in [5, 5.41) is 4.99. The molecule has 4 aromatic rings. The first kappa shape index (κ1) is 23.8. The maximum Gasteiger partial charge on any atom is 0.266 e. The second kappa shape index (κ2) is 10.1. The van der Waals surface area contributed by atoms with Crippen molar-refractivity contribution in [2.75, 3.05) is 13.1 Å². The summed E-state index contributed by atoms with van der Waals surface area (Å²) in [4.78, 5) is 39.3. The fourth-order valence-corrected chi connectivity index (χ4v) is 7.05. The van der Waals surface area contributed by atoms with Crippen LogP contribution in [0.15, 0.2) is 66.9 Å². The first-order valence-corrected chi connectivity index (χ1v) is 13.9. The van der Waals surface area contributed by atoms with Crippen LogP contribution in [0.3, 0.4) is 0 Å². The maximum absolute atomic E-state index is 14.1. The van der Waals surface area contributed by atoms with Crippen molar-refractivity contribution in [2.45, 2.75) is 38.6 Å². The zero-order valence-corrected chi connectivity index (χ0v) is 21.7. The van der Waals surface area contributed by atoms with E-state index in [1.54, 1.807) is 6.20 Å². The van der Waals surface area contributed by atoms with E-state index in [1.165, 1.54) is 24.2 Å². The van der Waals surface area contributed by atoms with Crippen molar-refractivity contribution < 1.29 is 9.59 Å². The van der Waals surface area contributed by atoms with Gasteiger partial charge in [-0.05, 0) is 43.7 Å². The van der Waals surface area contributed by atoms with Crippen LogP contribution in [0.5, 0.6) is 0 Å². The standard InChI is InChI=1S/C30H30N4O2S/c1-19-33-27(21-9-3-2-4-10-21)28(37-19)30(36)34-18-22-11-5-6-14-23(22)25(34)17-32-29(35)24-15-7-12-20-13-8-16-31-26(20)24/h2-4,7-10,12-13,15-16,22-23,25H,5-6,11,14,17-18H2,1H3,(H,32,35). The van der Waals surface area contributed by atoms with Crippen LogP contribution in [0.4, 0.5) is 0 Å². The van der Waals surface area contributed by atoms with Crippen LogP contribution < -0.4 is 5.32 Å². The Balaban J connectivity index is 1.28. The lowest BCUT2D eigenvalue weighted by atomic mass is 9.78. The average molecular weight is 511 g/mol. The Morgan fingerprint density at radius 3 is 2.70 bits per heavy atom. The van der Waals surface area contributed by atoms with E-state index in [1.807, 2.05) is 72.5 Å². The number of carbonyl (C=O) groups is 2. The molecule has 2 aromatic heterocycles. The van der Waals surface area contributed by atoms with Gasteiger partial charge in [-0.3, -0.25) is 14.6 Å². The summed E-state index contributed by atoms with van der Waals surface area (Å²) < 4.78 is 0. The summed E-state index contributed by atoms with van der Waals surface area (Å²) in [5.74, 6) is 0.769. The highest BCUT2D eigenvalue weighted by Gasteiger charge is 2.45. The number of pyridine rings is 1. The van der Waals surface area contributed by atoms with Crippen molar-refractivity contribution in [3.8, 4) is 11.3 Å². The molecule has 1 saturated carbocycles. The second-order valence-electron chi connectivity index (χ2n) is 10.1. The first-order chi connectivity index (χ1) is 18.1. The molecule has 37 heavy (non-hydrogen) atoms. The van der Waals surface area contributed by atoms with E-state index in [9.17, 15) is 9.59 Å². The predicted octanol–water partition coefficient (Wildman–Crippen LogP) is 5.73. The molecule has 3 atom stereocenters. The van der Waals surface area contributed by atoms with Gasteiger partial charge in [0.25, 0.3) is 11.8 Å². The van der Waals surface area contributed by atoms with Gasteiger partial charge in [0.1, 0.15) is 4.88 Å². The Bertz CT molecular complexity index is 1450. The van der Waals surface area contributed by atoms with Crippen molar-refractivity contribution in [1.82, 2.24) is 20.2 Å². The molecule has 2 aromatic carbocycles. The molecule has 1 aliphatic heterocycles. The highest BCUT2D eigenvalue weighted by Crippen LogP contribution is 2.42. The number of nitrogens with one attached hydrogen (secondary N) is 1. The third-order valence-corrected chi connectivity index (χ3v) is 8.84. The van der Waals surface area contributed by atoms with E-state index in [2.05, 4.69) is 10.3 Å². The van der Waals surface area contributed by atoms with Crippen molar-refractivity contribution in [1.29, 1.82) is 0 Å². The monoisotopic (exact) mass is 510 g/mol. The molecular weight excluding hydrogens is 480 g/mol. The molecule has 1 saturated heterocycles. The number of likely N-dealkylation sites (tertiary alicyclic amines) is 1. The maximum atomic E-state index is 14.1. The fourth-order valence-electron chi connectivity index (χ4n) is 6.16. The minimum Gasteiger partial charge on any atom is -0.350 e. The lowest BCUT2D eigenvalue weighted by Gasteiger charge is -2.30. The van der Waals surface area contributed by atoms with Gasteiger partial charge in [-0.1, -0.05) is 61.4 Å². The van der Waals surface area contributed by atoms with Gasteiger partial charge in [0.2, 0.25) is 0 Å². The Kier molecular flexibility index (Phi) is 6.47. The molecule has 0 radical (unpaired) electrons. The molecule has 0 spiro atoms. The molecule has 0 bridgehead atoms. The summed E-state index contributed by atoms with van der Waals surface area (Å²) in [6, 6.07) is 19.4. The van der Waals surface area contributed by atoms with Crippen LogP contribution in [-0.4, -0.2) is 45.8 Å². The molecule has 7 heteroatoms. The summed E-state index contributed by atoms with van der Waals surface area (Å²) in [6.45, 7) is 3.13. The molecular formula is C30H30N4O2S. The number of thiazole rings is 1. The number of amides is 2. The number of benzene rings is 2. The van der Waals surface area contributed by atoms with Crippen LogP contribution in [0.1, 0.15) is 50.7 Å². The Morgan fingerprint density at radius 2 is 1.84 bits per heavy atom. The minimum absolute atomic E-state index is 0.0317. The van der Waals surface area contributed by atoms with E-state index in [0.29, 0.717) is 34.3 Å². The lowest BCUT2D eigenvalue weighted by Crippen LogP contribution is -2.45. The third kappa shape index (κ3) is 4.53. The fraction of sp³-hybridized carbons (Fsp3) is 0.333. The number of carbonyl (C=O) groups excluding carboxylic acids is 2. The van der Waals surface area contributed by atoms with Crippen LogP contribution >= 0.6 is 11.3 Å². The summed E-state index contributed by atoms with van der Waals surface area (Å²) >= 11 is 1.46. The number of nitrogens with zero attached hydrogens (tertiary/aromatic N) is 3. The highest BCUT2D eigenvalue weighted by atomic mass is 32.1. The molecule has 6 nitrogen and oxygen atoms in total. The van der Waals surface area contributed by atoms with Crippen molar-refractivity contribution in [2.24, 2.45) is 11.8 Å². The van der Waals surface area contributed by atoms with Gasteiger partial charge in [0, 0.05) is 30.2 Å². The molecule has 2 aliphatic rings. The summed E-state index contributed by atoms with van der Waals surface area (Å²) in [5.41, 5.74) is 2.98. The van der Waals surface area contributed by atoms with Crippen molar-refractivity contribution >= 4 is 34.1 Å². The molecule has 3 unspecified atom stereocenters. The number of para-hydroxylation sites is 1. The molecule has 3 heterocycles. The SMILES string of the molecule is Cc1nc(-c2ccccc2)c(C(=O)N2CC3CCCCC3C2CNC(=O)c2cccc3cccnc23)s1. The van der Waals surface area contributed by atoms with E-state index >= 15 is 0 Å². The minimum atomic E-state index is -0.144. The summed E-state index contributed by atoms with van der Waals surface area (Å²) in [7, 11) is 0. The van der Waals surface area contributed by atoms with Crippen LogP contribution in [0, 0.1) is 18.8 Å². The number of hydrogen-bond acceptors (Lipinski definition) is 5. The predicted molar refractivity (Wildman–Crippen MR) is 147 cm³/mol. The van der Waals surface area contributed by atoms with Gasteiger partial charge in [-0.2, -0.15) is 0 Å². The number of rotatable bonds is 5. The molecule has 188 valence electrons. The van der Waals surface area contributed by atoms with E-state index in [4.69, 9.17) is 4.98 Å². The summed E-state index contributed by atoms with van der Waals surface area (Å²) in [6.07, 6.45) is 6.33. The van der Waals surface area contributed by atoms with Gasteiger partial charge < -0.3 is 10.2 Å².